The van der Waals surface area contributed by atoms with Crippen molar-refractivity contribution >= 4 is 16.7 Å². The number of hydrogen-bond donors (Lipinski definition) is 0. The fourth-order valence-corrected chi connectivity index (χ4v) is 2.25. The molecule has 3 nitrogen and oxygen atoms in total. The molecule has 0 N–H and O–H groups in total. The molecule has 4 heteroatoms. The van der Waals surface area contributed by atoms with Crippen LogP contribution < -0.4 is 4.74 Å². The number of methoxy groups -OCH3 is 1. The van der Waals surface area contributed by atoms with E-state index in [4.69, 9.17) is 4.74 Å². The lowest BCUT2D eigenvalue weighted by molar-refractivity contribution is 0.103. The average molecular weight is 281 g/mol. The van der Waals surface area contributed by atoms with Crippen LogP contribution in [0.15, 0.2) is 54.7 Å². The van der Waals surface area contributed by atoms with Crippen molar-refractivity contribution in [2.45, 2.75) is 0 Å². The van der Waals surface area contributed by atoms with E-state index in [1.54, 1.807) is 36.5 Å². The molecule has 0 saturated carbocycles. The molecule has 0 aliphatic heterocycles. The molecular formula is C17H12FNO2. The first-order valence-electron chi connectivity index (χ1n) is 6.42. The minimum atomic E-state index is -0.597. The molecule has 0 saturated heterocycles. The predicted molar refractivity (Wildman–Crippen MR) is 78.1 cm³/mol. The number of benzene rings is 2. The van der Waals surface area contributed by atoms with E-state index >= 15 is 0 Å². The minimum Gasteiger partial charge on any atom is -0.497 e. The van der Waals surface area contributed by atoms with Gasteiger partial charge in [-0.15, -0.1) is 0 Å². The fraction of sp³-hybridized carbons (Fsp3) is 0.0588. The molecule has 0 spiro atoms. The number of ether oxygens (including phenoxy) is 1. The second-order valence-electron chi connectivity index (χ2n) is 4.55. The maximum Gasteiger partial charge on any atom is 0.196 e. The van der Waals surface area contributed by atoms with Crippen LogP contribution in [0.4, 0.5) is 4.39 Å². The Balaban J connectivity index is 2.13. The van der Waals surface area contributed by atoms with E-state index in [9.17, 15) is 9.18 Å². The Morgan fingerprint density at radius 2 is 1.95 bits per heavy atom. The standard InChI is InChI=1S/C17H12FNO2/c1-21-11-7-8-14(15(18)10-11)17(20)13-4-2-6-16-12(13)5-3-9-19-16/h2-10H,1H3. The average Bonchev–Trinajstić information content (AvgIpc) is 2.53. The van der Waals surface area contributed by atoms with Crippen LogP contribution in [0.1, 0.15) is 15.9 Å². The highest BCUT2D eigenvalue weighted by Gasteiger charge is 2.17. The largest absolute Gasteiger partial charge is 0.497 e. The molecule has 0 aliphatic rings. The minimum absolute atomic E-state index is 0.0205. The smallest absolute Gasteiger partial charge is 0.196 e. The molecule has 104 valence electrons. The number of rotatable bonds is 3. The van der Waals surface area contributed by atoms with E-state index < -0.39 is 5.82 Å². The van der Waals surface area contributed by atoms with Crippen molar-refractivity contribution in [3.63, 3.8) is 0 Å². The zero-order valence-electron chi connectivity index (χ0n) is 11.3. The SMILES string of the molecule is COc1ccc(C(=O)c2cccc3ncccc23)c(F)c1. The Hall–Kier alpha value is -2.75. The lowest BCUT2D eigenvalue weighted by Crippen LogP contribution is -2.05. The molecule has 0 radical (unpaired) electrons. The topological polar surface area (TPSA) is 39.2 Å². The molecule has 0 unspecified atom stereocenters. The molecule has 3 rings (SSSR count). The number of carbonyl (C=O) groups is 1. The van der Waals surface area contributed by atoms with Gasteiger partial charge in [0.15, 0.2) is 5.78 Å². The van der Waals surface area contributed by atoms with Crippen LogP contribution in [-0.4, -0.2) is 17.9 Å². The Kier molecular flexibility index (Phi) is 3.36. The van der Waals surface area contributed by atoms with Gasteiger partial charge in [0.2, 0.25) is 0 Å². The van der Waals surface area contributed by atoms with Gasteiger partial charge in [-0.3, -0.25) is 9.78 Å². The summed E-state index contributed by atoms with van der Waals surface area (Å²) < 4.78 is 19.0. The van der Waals surface area contributed by atoms with Gasteiger partial charge in [0.1, 0.15) is 11.6 Å². The van der Waals surface area contributed by atoms with Gasteiger partial charge in [-0.25, -0.2) is 4.39 Å². The molecule has 2 aromatic carbocycles. The second-order valence-corrected chi connectivity index (χ2v) is 4.55. The lowest BCUT2D eigenvalue weighted by atomic mass is 9.99. The third kappa shape index (κ3) is 2.36. The van der Waals surface area contributed by atoms with Gasteiger partial charge < -0.3 is 4.74 Å². The summed E-state index contributed by atoms with van der Waals surface area (Å²) in [4.78, 5) is 16.8. The molecule has 0 bridgehead atoms. The number of hydrogen-bond acceptors (Lipinski definition) is 3. The third-order valence-electron chi connectivity index (χ3n) is 3.31. The van der Waals surface area contributed by atoms with E-state index in [0.29, 0.717) is 22.2 Å². The van der Waals surface area contributed by atoms with Crippen molar-refractivity contribution < 1.29 is 13.9 Å². The van der Waals surface area contributed by atoms with Crippen LogP contribution in [0.2, 0.25) is 0 Å². The highest BCUT2D eigenvalue weighted by molar-refractivity contribution is 6.16. The summed E-state index contributed by atoms with van der Waals surface area (Å²) in [7, 11) is 1.45. The molecule has 1 aromatic heterocycles. The van der Waals surface area contributed by atoms with Crippen molar-refractivity contribution in [2.75, 3.05) is 7.11 Å². The van der Waals surface area contributed by atoms with Crippen LogP contribution >= 0.6 is 0 Å². The monoisotopic (exact) mass is 281 g/mol. The first-order valence-corrected chi connectivity index (χ1v) is 6.42. The van der Waals surface area contributed by atoms with Gasteiger partial charge >= 0.3 is 0 Å². The van der Waals surface area contributed by atoms with Gasteiger partial charge in [-0.1, -0.05) is 18.2 Å². The number of aromatic nitrogens is 1. The maximum atomic E-state index is 14.1. The van der Waals surface area contributed by atoms with Crippen molar-refractivity contribution in [3.8, 4) is 5.75 Å². The van der Waals surface area contributed by atoms with Gasteiger partial charge in [0, 0.05) is 23.2 Å². The summed E-state index contributed by atoms with van der Waals surface area (Å²) in [6, 6.07) is 13.0. The second kappa shape index (κ2) is 5.32. The van der Waals surface area contributed by atoms with Crippen molar-refractivity contribution in [3.05, 3.63) is 71.7 Å². The summed E-state index contributed by atoms with van der Waals surface area (Å²) in [5, 5.41) is 0.709. The van der Waals surface area contributed by atoms with Gasteiger partial charge in [0.05, 0.1) is 18.2 Å². The van der Waals surface area contributed by atoms with Gasteiger partial charge in [-0.2, -0.15) is 0 Å². The first kappa shape index (κ1) is 13.2. The Morgan fingerprint density at radius 1 is 1.10 bits per heavy atom. The summed E-state index contributed by atoms with van der Waals surface area (Å²) in [5.41, 5.74) is 1.16. The molecule has 0 amide bonds. The Labute approximate surface area is 121 Å². The number of halogens is 1. The Bertz CT molecular complexity index is 825. The van der Waals surface area contributed by atoms with Crippen LogP contribution in [0.3, 0.4) is 0 Å². The summed E-state index contributed by atoms with van der Waals surface area (Å²) in [6.07, 6.45) is 1.66. The zero-order chi connectivity index (χ0) is 14.8. The highest BCUT2D eigenvalue weighted by atomic mass is 19.1. The van der Waals surface area contributed by atoms with Crippen molar-refractivity contribution in [1.29, 1.82) is 0 Å². The number of fused-ring (bicyclic) bond motifs is 1. The maximum absolute atomic E-state index is 14.1. The summed E-state index contributed by atoms with van der Waals surface area (Å²) >= 11 is 0. The van der Waals surface area contributed by atoms with Gasteiger partial charge in [0.25, 0.3) is 0 Å². The highest BCUT2D eigenvalue weighted by Crippen LogP contribution is 2.23. The van der Waals surface area contributed by atoms with E-state index in [1.165, 1.54) is 19.2 Å². The van der Waals surface area contributed by atoms with E-state index in [1.807, 2.05) is 6.07 Å². The molecule has 3 aromatic rings. The first-order chi connectivity index (χ1) is 10.2. The van der Waals surface area contributed by atoms with Crippen molar-refractivity contribution in [1.82, 2.24) is 4.98 Å². The van der Waals surface area contributed by atoms with E-state index in [2.05, 4.69) is 4.98 Å². The number of nitrogens with zero attached hydrogens (tertiary/aromatic N) is 1. The summed E-state index contributed by atoms with van der Waals surface area (Å²) in [6.45, 7) is 0. The van der Waals surface area contributed by atoms with E-state index in [-0.39, 0.29) is 11.3 Å². The van der Waals surface area contributed by atoms with Gasteiger partial charge in [-0.05, 0) is 24.3 Å². The number of carbonyl (C=O) groups excluding carboxylic acids is 1. The molecule has 0 atom stereocenters. The fourth-order valence-electron chi connectivity index (χ4n) is 2.25. The molecule has 1 heterocycles. The van der Waals surface area contributed by atoms with Crippen LogP contribution in [0.25, 0.3) is 10.9 Å². The summed E-state index contributed by atoms with van der Waals surface area (Å²) in [5.74, 6) is -0.586. The van der Waals surface area contributed by atoms with Crippen LogP contribution in [0, 0.1) is 5.82 Å². The van der Waals surface area contributed by atoms with Crippen LogP contribution in [-0.2, 0) is 0 Å². The number of pyridine rings is 1. The van der Waals surface area contributed by atoms with E-state index in [0.717, 1.165) is 0 Å². The molecule has 0 aliphatic carbocycles. The molecular weight excluding hydrogens is 269 g/mol. The Morgan fingerprint density at radius 3 is 2.71 bits per heavy atom. The van der Waals surface area contributed by atoms with Crippen molar-refractivity contribution in [2.24, 2.45) is 0 Å². The lowest BCUT2D eigenvalue weighted by Gasteiger charge is -2.07. The molecule has 0 fully saturated rings. The molecule has 21 heavy (non-hydrogen) atoms. The van der Waals surface area contributed by atoms with Crippen LogP contribution in [0.5, 0.6) is 5.75 Å². The number of ketones is 1. The predicted octanol–water partition coefficient (Wildman–Crippen LogP) is 3.61. The quantitative estimate of drug-likeness (QED) is 0.688. The third-order valence-corrected chi connectivity index (χ3v) is 3.31. The zero-order valence-corrected chi connectivity index (χ0v) is 11.3. The normalized spacial score (nSPS) is 10.6.